The summed E-state index contributed by atoms with van der Waals surface area (Å²) in [5.41, 5.74) is 3.72. The molecule has 1 aliphatic heterocycles. The van der Waals surface area contributed by atoms with Crippen LogP contribution in [0.4, 0.5) is 0 Å². The van der Waals surface area contributed by atoms with Crippen LogP contribution in [0.3, 0.4) is 0 Å². The van der Waals surface area contributed by atoms with Crippen molar-refractivity contribution in [1.29, 1.82) is 0 Å². The van der Waals surface area contributed by atoms with Crippen LogP contribution < -0.4 is 5.32 Å². The molecule has 3 nitrogen and oxygen atoms in total. The van der Waals surface area contributed by atoms with Crippen molar-refractivity contribution in [1.82, 2.24) is 10.2 Å². The summed E-state index contributed by atoms with van der Waals surface area (Å²) < 4.78 is 0. The molecule has 4 heteroatoms. The van der Waals surface area contributed by atoms with Gasteiger partial charge in [-0.15, -0.1) is 12.4 Å². The lowest BCUT2D eigenvalue weighted by molar-refractivity contribution is 0.0766. The van der Waals surface area contributed by atoms with Gasteiger partial charge in [-0.1, -0.05) is 6.07 Å². The predicted molar refractivity (Wildman–Crippen MR) is 83.7 cm³/mol. The molecule has 1 amide bonds. The van der Waals surface area contributed by atoms with Crippen LogP contribution >= 0.6 is 12.4 Å². The van der Waals surface area contributed by atoms with Crippen molar-refractivity contribution in [2.45, 2.75) is 32.1 Å². The second-order valence-corrected chi connectivity index (χ2v) is 5.59. The number of amides is 1. The fourth-order valence-electron chi connectivity index (χ4n) is 3.10. The van der Waals surface area contributed by atoms with Gasteiger partial charge in [-0.05, 0) is 61.9 Å². The number of hydrogen-bond acceptors (Lipinski definition) is 2. The molecule has 3 rings (SSSR count). The molecule has 2 aliphatic rings. The molecule has 0 saturated carbocycles. The van der Waals surface area contributed by atoms with Crippen LogP contribution in [0.5, 0.6) is 0 Å². The van der Waals surface area contributed by atoms with Crippen LogP contribution in [0.1, 0.15) is 40.7 Å². The maximum absolute atomic E-state index is 12.5. The summed E-state index contributed by atoms with van der Waals surface area (Å²) >= 11 is 0. The number of carbonyl (C=O) groups excluding carboxylic acids is 1. The maximum Gasteiger partial charge on any atom is 0.253 e. The molecule has 0 bridgehead atoms. The number of carbonyl (C=O) groups is 1. The largest absolute Gasteiger partial charge is 0.337 e. The first-order valence-electron chi connectivity index (χ1n) is 7.46. The molecule has 1 fully saturated rings. The van der Waals surface area contributed by atoms with Gasteiger partial charge in [0.05, 0.1) is 0 Å². The van der Waals surface area contributed by atoms with Gasteiger partial charge in [0.2, 0.25) is 0 Å². The van der Waals surface area contributed by atoms with Gasteiger partial charge in [-0.25, -0.2) is 0 Å². The lowest BCUT2D eigenvalue weighted by Gasteiger charge is -2.22. The Morgan fingerprint density at radius 1 is 1.00 bits per heavy atom. The summed E-state index contributed by atoms with van der Waals surface area (Å²) in [7, 11) is 0. The topological polar surface area (TPSA) is 32.3 Å². The minimum absolute atomic E-state index is 0. The highest BCUT2D eigenvalue weighted by molar-refractivity contribution is 5.94. The molecule has 1 N–H and O–H groups in total. The van der Waals surface area contributed by atoms with Crippen LogP contribution in [-0.2, 0) is 12.8 Å². The highest BCUT2D eigenvalue weighted by Crippen LogP contribution is 2.22. The molecule has 1 aromatic rings. The van der Waals surface area contributed by atoms with Gasteiger partial charge in [0.15, 0.2) is 0 Å². The summed E-state index contributed by atoms with van der Waals surface area (Å²) in [6.07, 6.45) is 5.92. The number of aryl methyl sites for hydroxylation is 2. The summed E-state index contributed by atoms with van der Waals surface area (Å²) in [5.74, 6) is 0.206. The van der Waals surface area contributed by atoms with Gasteiger partial charge in [-0.3, -0.25) is 4.79 Å². The van der Waals surface area contributed by atoms with E-state index in [-0.39, 0.29) is 18.3 Å². The van der Waals surface area contributed by atoms with Gasteiger partial charge in [0, 0.05) is 25.2 Å². The average Bonchev–Trinajstić information content (AvgIpc) is 2.75. The molecule has 1 aliphatic carbocycles. The number of halogens is 1. The lowest BCUT2D eigenvalue weighted by Crippen LogP contribution is -2.34. The normalized spacial score (nSPS) is 18.7. The van der Waals surface area contributed by atoms with E-state index < -0.39 is 0 Å². The van der Waals surface area contributed by atoms with Crippen molar-refractivity contribution in [2.24, 2.45) is 0 Å². The third kappa shape index (κ3) is 3.33. The van der Waals surface area contributed by atoms with Crippen LogP contribution in [-0.4, -0.2) is 37.0 Å². The van der Waals surface area contributed by atoms with Crippen molar-refractivity contribution in [3.05, 3.63) is 34.9 Å². The zero-order valence-corrected chi connectivity index (χ0v) is 12.7. The first-order chi connectivity index (χ1) is 9.34. The minimum Gasteiger partial charge on any atom is -0.337 e. The summed E-state index contributed by atoms with van der Waals surface area (Å²) in [6, 6.07) is 6.32. The third-order valence-electron chi connectivity index (χ3n) is 4.22. The van der Waals surface area contributed by atoms with E-state index in [1.165, 1.54) is 30.4 Å². The third-order valence-corrected chi connectivity index (χ3v) is 4.22. The van der Waals surface area contributed by atoms with Gasteiger partial charge in [0.25, 0.3) is 5.91 Å². The Hall–Kier alpha value is -1.06. The molecule has 0 radical (unpaired) electrons. The Kier molecular flexibility index (Phi) is 5.44. The second kappa shape index (κ2) is 7.09. The standard InChI is InChI=1S/C16H22N2O.ClH/c19-16(18-10-3-8-17-9-11-18)15-7-6-13-4-1-2-5-14(13)12-15;/h6-7,12,17H,1-5,8-11H2;1H. The Balaban J connectivity index is 0.00000147. The van der Waals surface area contributed by atoms with Gasteiger partial charge >= 0.3 is 0 Å². The fourth-order valence-corrected chi connectivity index (χ4v) is 3.10. The zero-order valence-electron chi connectivity index (χ0n) is 11.9. The first-order valence-corrected chi connectivity index (χ1v) is 7.46. The van der Waals surface area contributed by atoms with E-state index in [1.54, 1.807) is 0 Å². The SMILES string of the molecule is Cl.O=C(c1ccc2c(c1)CCCC2)N1CCCNCC1. The summed E-state index contributed by atoms with van der Waals surface area (Å²) in [5, 5.41) is 3.34. The van der Waals surface area contributed by atoms with Crippen molar-refractivity contribution in [3.63, 3.8) is 0 Å². The smallest absolute Gasteiger partial charge is 0.253 e. The van der Waals surface area contributed by atoms with Crippen molar-refractivity contribution in [2.75, 3.05) is 26.2 Å². The summed E-state index contributed by atoms with van der Waals surface area (Å²) in [4.78, 5) is 14.5. The van der Waals surface area contributed by atoms with Crippen LogP contribution in [0.2, 0.25) is 0 Å². The monoisotopic (exact) mass is 294 g/mol. The Labute approximate surface area is 127 Å². The number of benzene rings is 1. The highest BCUT2D eigenvalue weighted by Gasteiger charge is 2.18. The van der Waals surface area contributed by atoms with Gasteiger partial charge in [0.1, 0.15) is 0 Å². The first kappa shape index (κ1) is 15.3. The van der Waals surface area contributed by atoms with E-state index in [4.69, 9.17) is 0 Å². The Morgan fingerprint density at radius 2 is 1.80 bits per heavy atom. The molecule has 1 heterocycles. The maximum atomic E-state index is 12.5. The highest BCUT2D eigenvalue weighted by atomic mass is 35.5. The Bertz CT molecular complexity index is 468. The van der Waals surface area contributed by atoms with Crippen LogP contribution in [0.15, 0.2) is 18.2 Å². The zero-order chi connectivity index (χ0) is 13.1. The second-order valence-electron chi connectivity index (χ2n) is 5.59. The molecule has 0 unspecified atom stereocenters. The van der Waals surface area contributed by atoms with E-state index in [0.717, 1.165) is 44.6 Å². The molecule has 110 valence electrons. The van der Waals surface area contributed by atoms with Crippen molar-refractivity contribution < 1.29 is 4.79 Å². The molecule has 0 atom stereocenters. The molecular weight excluding hydrogens is 272 g/mol. The molecule has 20 heavy (non-hydrogen) atoms. The summed E-state index contributed by atoms with van der Waals surface area (Å²) in [6.45, 7) is 3.64. The quantitative estimate of drug-likeness (QED) is 0.863. The number of rotatable bonds is 1. The molecular formula is C16H23ClN2O. The number of nitrogens with one attached hydrogen (secondary N) is 1. The van der Waals surface area contributed by atoms with Gasteiger partial charge < -0.3 is 10.2 Å². The Morgan fingerprint density at radius 3 is 2.65 bits per heavy atom. The number of hydrogen-bond donors (Lipinski definition) is 1. The van der Waals surface area contributed by atoms with Crippen LogP contribution in [0, 0.1) is 0 Å². The van der Waals surface area contributed by atoms with Gasteiger partial charge in [-0.2, -0.15) is 0 Å². The minimum atomic E-state index is 0. The van der Waals surface area contributed by atoms with E-state index >= 15 is 0 Å². The molecule has 0 aromatic heterocycles. The number of nitrogens with zero attached hydrogens (tertiary/aromatic N) is 1. The predicted octanol–water partition coefficient (Wildman–Crippen LogP) is 2.42. The van der Waals surface area contributed by atoms with E-state index in [9.17, 15) is 4.79 Å². The number of fused-ring (bicyclic) bond motifs is 1. The van der Waals surface area contributed by atoms with Crippen molar-refractivity contribution in [3.8, 4) is 0 Å². The van der Waals surface area contributed by atoms with E-state index in [1.807, 2.05) is 11.0 Å². The van der Waals surface area contributed by atoms with Crippen LogP contribution in [0.25, 0.3) is 0 Å². The average molecular weight is 295 g/mol. The molecule has 1 aromatic carbocycles. The van der Waals surface area contributed by atoms with E-state index in [0.29, 0.717) is 0 Å². The molecule has 0 spiro atoms. The van der Waals surface area contributed by atoms with Crippen molar-refractivity contribution >= 4 is 18.3 Å². The lowest BCUT2D eigenvalue weighted by atomic mass is 9.90. The molecule has 1 saturated heterocycles. The fraction of sp³-hybridized carbons (Fsp3) is 0.562. The van der Waals surface area contributed by atoms with E-state index in [2.05, 4.69) is 17.4 Å².